The van der Waals surface area contributed by atoms with Crippen LogP contribution in [0.3, 0.4) is 0 Å². The summed E-state index contributed by atoms with van der Waals surface area (Å²) >= 11 is 3.43. The molecule has 120 valence electrons. The first-order valence-corrected chi connectivity index (χ1v) is 8.03. The van der Waals surface area contributed by atoms with E-state index < -0.39 is 0 Å². The third-order valence-corrected chi connectivity index (χ3v) is 3.76. The maximum Gasteiger partial charge on any atom is 0.272 e. The van der Waals surface area contributed by atoms with Crippen molar-refractivity contribution in [2.24, 2.45) is 5.10 Å². The zero-order valence-electron chi connectivity index (χ0n) is 12.9. The normalized spacial score (nSPS) is 10.9. The topological polar surface area (TPSA) is 67.5 Å². The van der Waals surface area contributed by atoms with Crippen molar-refractivity contribution >= 4 is 28.1 Å². The Kier molecular flexibility index (Phi) is 4.86. The minimum Gasteiger partial charge on any atom is -0.455 e. The fourth-order valence-electron chi connectivity index (χ4n) is 2.04. The summed E-state index contributed by atoms with van der Waals surface area (Å²) in [6.07, 6.45) is 2.97. The van der Waals surface area contributed by atoms with Gasteiger partial charge in [0.05, 0.1) is 11.8 Å². The van der Waals surface area contributed by atoms with Gasteiger partial charge in [0.1, 0.15) is 11.5 Å². The first-order chi connectivity index (χ1) is 11.6. The highest BCUT2D eigenvalue weighted by molar-refractivity contribution is 9.10. The third kappa shape index (κ3) is 3.97. The summed E-state index contributed by atoms with van der Waals surface area (Å²) in [7, 11) is 0. The second-order valence-electron chi connectivity index (χ2n) is 5.10. The number of aromatic nitrogens is 1. The number of carbonyl (C=O) groups excluding carboxylic acids is 1. The van der Waals surface area contributed by atoms with Crippen LogP contribution in [0.2, 0.25) is 0 Å². The SMILES string of the molecule is Cc1ccc(C(=O)N/N=C/c2ccc(-c3cccc(Br)c3)o2)cn1. The molecule has 1 amide bonds. The van der Waals surface area contributed by atoms with Crippen molar-refractivity contribution in [3.8, 4) is 11.3 Å². The fourth-order valence-corrected chi connectivity index (χ4v) is 2.44. The Balaban J connectivity index is 1.65. The Morgan fingerprint density at radius 3 is 2.88 bits per heavy atom. The minimum absolute atomic E-state index is 0.322. The molecule has 0 saturated heterocycles. The van der Waals surface area contributed by atoms with Crippen LogP contribution < -0.4 is 5.43 Å². The molecule has 0 atom stereocenters. The molecule has 0 aliphatic carbocycles. The fraction of sp³-hybridized carbons (Fsp3) is 0.0556. The van der Waals surface area contributed by atoms with Crippen molar-refractivity contribution in [3.63, 3.8) is 0 Å². The minimum atomic E-state index is -0.322. The first-order valence-electron chi connectivity index (χ1n) is 7.24. The van der Waals surface area contributed by atoms with E-state index in [-0.39, 0.29) is 5.91 Å². The highest BCUT2D eigenvalue weighted by atomic mass is 79.9. The molecule has 0 fully saturated rings. The number of benzene rings is 1. The predicted molar refractivity (Wildman–Crippen MR) is 95.9 cm³/mol. The third-order valence-electron chi connectivity index (χ3n) is 3.27. The van der Waals surface area contributed by atoms with E-state index in [0.29, 0.717) is 11.3 Å². The number of hydrogen-bond donors (Lipinski definition) is 1. The molecule has 1 N–H and O–H groups in total. The molecule has 0 radical (unpaired) electrons. The summed E-state index contributed by atoms with van der Waals surface area (Å²) in [4.78, 5) is 16.0. The predicted octanol–water partition coefficient (Wildman–Crippen LogP) is 4.18. The Morgan fingerprint density at radius 1 is 1.25 bits per heavy atom. The highest BCUT2D eigenvalue weighted by Crippen LogP contribution is 2.24. The van der Waals surface area contributed by atoms with Gasteiger partial charge >= 0.3 is 0 Å². The lowest BCUT2D eigenvalue weighted by Gasteiger charge is -1.99. The summed E-state index contributed by atoms with van der Waals surface area (Å²) in [6, 6.07) is 14.9. The van der Waals surface area contributed by atoms with Gasteiger partial charge in [-0.2, -0.15) is 5.10 Å². The molecule has 1 aromatic carbocycles. The van der Waals surface area contributed by atoms with Gasteiger partial charge in [0, 0.05) is 21.9 Å². The Bertz CT molecular complexity index is 885. The summed E-state index contributed by atoms with van der Waals surface area (Å²) in [5.41, 5.74) is 4.71. The number of carbonyl (C=O) groups is 1. The highest BCUT2D eigenvalue weighted by Gasteiger charge is 2.05. The van der Waals surface area contributed by atoms with Crippen molar-refractivity contribution in [1.29, 1.82) is 0 Å². The molecule has 3 rings (SSSR count). The monoisotopic (exact) mass is 383 g/mol. The zero-order chi connectivity index (χ0) is 16.9. The van der Waals surface area contributed by atoms with Crippen LogP contribution in [-0.2, 0) is 0 Å². The molecule has 0 spiro atoms. The van der Waals surface area contributed by atoms with Crippen LogP contribution in [0.25, 0.3) is 11.3 Å². The number of aryl methyl sites for hydroxylation is 1. The number of pyridine rings is 1. The van der Waals surface area contributed by atoms with Gasteiger partial charge in [-0.1, -0.05) is 28.1 Å². The summed E-state index contributed by atoms with van der Waals surface area (Å²) in [6.45, 7) is 1.86. The quantitative estimate of drug-likeness (QED) is 0.542. The van der Waals surface area contributed by atoms with Crippen molar-refractivity contribution in [1.82, 2.24) is 10.4 Å². The van der Waals surface area contributed by atoms with Gasteiger partial charge in [0.25, 0.3) is 5.91 Å². The van der Waals surface area contributed by atoms with E-state index in [0.717, 1.165) is 21.5 Å². The molecule has 0 bridgehead atoms. The van der Waals surface area contributed by atoms with Gasteiger partial charge in [-0.3, -0.25) is 9.78 Å². The summed E-state index contributed by atoms with van der Waals surface area (Å²) < 4.78 is 6.67. The lowest BCUT2D eigenvalue weighted by Crippen LogP contribution is -2.17. The van der Waals surface area contributed by atoms with Crippen molar-refractivity contribution in [3.05, 3.63) is 76.2 Å². The summed E-state index contributed by atoms with van der Waals surface area (Å²) in [5.74, 6) is 0.955. The molecular formula is C18H14BrN3O2. The van der Waals surface area contributed by atoms with E-state index in [4.69, 9.17) is 4.42 Å². The van der Waals surface area contributed by atoms with Gasteiger partial charge < -0.3 is 4.42 Å². The molecule has 0 aliphatic rings. The Hall–Kier alpha value is -2.73. The molecule has 0 saturated carbocycles. The number of nitrogens with one attached hydrogen (secondary N) is 1. The smallest absolute Gasteiger partial charge is 0.272 e. The number of hydrazone groups is 1. The van der Waals surface area contributed by atoms with E-state index in [2.05, 4.69) is 31.4 Å². The second-order valence-corrected chi connectivity index (χ2v) is 6.02. The number of rotatable bonds is 4. The molecule has 5 nitrogen and oxygen atoms in total. The molecule has 0 unspecified atom stereocenters. The van der Waals surface area contributed by atoms with Crippen LogP contribution in [0.15, 0.2) is 68.7 Å². The molecular weight excluding hydrogens is 370 g/mol. The van der Waals surface area contributed by atoms with E-state index in [1.165, 1.54) is 12.4 Å². The molecule has 2 heterocycles. The largest absolute Gasteiger partial charge is 0.455 e. The van der Waals surface area contributed by atoms with Gasteiger partial charge in [0.2, 0.25) is 0 Å². The van der Waals surface area contributed by atoms with Crippen LogP contribution in [0, 0.1) is 6.92 Å². The summed E-state index contributed by atoms with van der Waals surface area (Å²) in [5, 5.41) is 3.91. The molecule has 6 heteroatoms. The van der Waals surface area contributed by atoms with Crippen molar-refractivity contribution in [2.75, 3.05) is 0 Å². The van der Waals surface area contributed by atoms with E-state index in [9.17, 15) is 4.79 Å². The average molecular weight is 384 g/mol. The number of nitrogens with zero attached hydrogens (tertiary/aromatic N) is 2. The molecule has 2 aromatic heterocycles. The van der Waals surface area contributed by atoms with E-state index in [1.54, 1.807) is 18.2 Å². The lowest BCUT2D eigenvalue weighted by molar-refractivity contribution is 0.0954. The van der Waals surface area contributed by atoms with Crippen LogP contribution in [-0.4, -0.2) is 17.1 Å². The van der Waals surface area contributed by atoms with E-state index >= 15 is 0 Å². The van der Waals surface area contributed by atoms with Crippen molar-refractivity contribution in [2.45, 2.75) is 6.92 Å². The van der Waals surface area contributed by atoms with Crippen molar-refractivity contribution < 1.29 is 9.21 Å². The number of hydrogen-bond acceptors (Lipinski definition) is 4. The van der Waals surface area contributed by atoms with Gasteiger partial charge in [-0.15, -0.1) is 0 Å². The standard InChI is InChI=1S/C18H14BrN3O2/c1-12-5-6-14(10-20-12)18(23)22-21-11-16-7-8-17(24-16)13-3-2-4-15(19)9-13/h2-11H,1H3,(H,22,23)/b21-11+. The van der Waals surface area contributed by atoms with Crippen LogP contribution >= 0.6 is 15.9 Å². The second kappa shape index (κ2) is 7.23. The van der Waals surface area contributed by atoms with E-state index in [1.807, 2.05) is 37.3 Å². The number of halogens is 1. The maximum atomic E-state index is 11.9. The first kappa shape index (κ1) is 16.1. The number of amides is 1. The number of furan rings is 1. The van der Waals surface area contributed by atoms with Gasteiger partial charge in [-0.05, 0) is 43.3 Å². The average Bonchev–Trinajstić information content (AvgIpc) is 3.04. The van der Waals surface area contributed by atoms with Gasteiger partial charge in [0.15, 0.2) is 0 Å². The van der Waals surface area contributed by atoms with Crippen LogP contribution in [0.4, 0.5) is 0 Å². The van der Waals surface area contributed by atoms with Crippen LogP contribution in [0.1, 0.15) is 21.8 Å². The zero-order valence-corrected chi connectivity index (χ0v) is 14.4. The molecule has 0 aliphatic heterocycles. The molecule has 3 aromatic rings. The van der Waals surface area contributed by atoms with Gasteiger partial charge in [-0.25, -0.2) is 5.43 Å². The lowest BCUT2D eigenvalue weighted by atomic mass is 10.2. The van der Waals surface area contributed by atoms with Crippen LogP contribution in [0.5, 0.6) is 0 Å². The Morgan fingerprint density at radius 2 is 2.12 bits per heavy atom. The Labute approximate surface area is 147 Å². The molecule has 24 heavy (non-hydrogen) atoms. The maximum absolute atomic E-state index is 11.9.